The first kappa shape index (κ1) is 19.4. The van der Waals surface area contributed by atoms with Gasteiger partial charge in [-0.1, -0.05) is 30.0 Å². The van der Waals surface area contributed by atoms with Crippen LogP contribution in [0.3, 0.4) is 0 Å². The van der Waals surface area contributed by atoms with Crippen molar-refractivity contribution in [1.82, 2.24) is 5.32 Å². The summed E-state index contributed by atoms with van der Waals surface area (Å²) in [5, 5.41) is 11.0. The van der Waals surface area contributed by atoms with E-state index in [0.29, 0.717) is 31.6 Å². The lowest BCUT2D eigenvalue weighted by Crippen LogP contribution is -2.19. The maximum Gasteiger partial charge on any atom is 0.343 e. The second kappa shape index (κ2) is 9.00. The van der Waals surface area contributed by atoms with Crippen LogP contribution in [0.4, 0.5) is 0 Å². The number of hydrogen-bond donors (Lipinski definition) is 1. The number of carbonyl (C=O) groups is 2. The van der Waals surface area contributed by atoms with Crippen LogP contribution in [0.2, 0.25) is 0 Å². The molecule has 0 atom stereocenters. The zero-order chi connectivity index (χ0) is 19.2. The molecular weight excluding hydrogens is 481 g/mol. The highest BCUT2D eigenvalue weighted by Crippen LogP contribution is 2.34. The number of carbonyl (C=O) groups excluding carboxylic acids is 2. The largest absolute Gasteiger partial charge is 0.493 e. The second-order valence-corrected chi connectivity index (χ2v) is 7.40. The number of nitrogens with zero attached hydrogens (tertiary/aromatic N) is 2. The molecule has 0 saturated carbocycles. The van der Waals surface area contributed by atoms with Crippen LogP contribution in [-0.2, 0) is 4.79 Å². The van der Waals surface area contributed by atoms with E-state index < -0.39 is 5.97 Å². The molecule has 0 bridgehead atoms. The Kier molecular flexibility index (Phi) is 6.45. The Bertz CT molecular complexity index is 932. The Balaban J connectivity index is 1.79. The molecule has 1 aliphatic rings. The molecule has 2 aromatic rings. The van der Waals surface area contributed by atoms with Crippen LogP contribution >= 0.6 is 34.4 Å². The van der Waals surface area contributed by atoms with Gasteiger partial charge in [-0.3, -0.25) is 4.79 Å². The van der Waals surface area contributed by atoms with Crippen LogP contribution in [0.15, 0.2) is 52.7 Å². The van der Waals surface area contributed by atoms with E-state index in [1.165, 1.54) is 25.1 Å². The maximum absolute atomic E-state index is 12.3. The molecule has 0 unspecified atom stereocenters. The molecule has 1 aliphatic heterocycles. The van der Waals surface area contributed by atoms with Crippen molar-refractivity contribution in [3.63, 3.8) is 0 Å². The molecule has 1 amide bonds. The molecule has 3 rings (SSSR count). The number of hydrogen-bond acceptors (Lipinski definition) is 7. The van der Waals surface area contributed by atoms with Gasteiger partial charge in [0.15, 0.2) is 16.7 Å². The van der Waals surface area contributed by atoms with Gasteiger partial charge in [-0.25, -0.2) is 4.79 Å². The highest BCUT2D eigenvalue weighted by atomic mass is 127. The lowest BCUT2D eigenvalue weighted by Gasteiger charge is -2.12. The van der Waals surface area contributed by atoms with E-state index in [1.54, 1.807) is 36.4 Å². The summed E-state index contributed by atoms with van der Waals surface area (Å²) in [7, 11) is 1.50. The molecule has 0 radical (unpaired) electrons. The van der Waals surface area contributed by atoms with Crippen molar-refractivity contribution < 1.29 is 19.1 Å². The summed E-state index contributed by atoms with van der Waals surface area (Å²) in [6, 6.07) is 12.2. The van der Waals surface area contributed by atoms with Gasteiger partial charge in [0.25, 0.3) is 0 Å². The molecule has 1 fully saturated rings. The van der Waals surface area contributed by atoms with Crippen molar-refractivity contribution in [2.24, 2.45) is 10.2 Å². The number of benzene rings is 2. The summed E-state index contributed by atoms with van der Waals surface area (Å²) >= 11 is 3.36. The van der Waals surface area contributed by atoms with Gasteiger partial charge in [0.1, 0.15) is 0 Å². The number of amidine groups is 1. The fraction of sp³-hybridized carbons (Fsp3) is 0.111. The van der Waals surface area contributed by atoms with Gasteiger partial charge in [0.2, 0.25) is 5.91 Å². The number of amides is 1. The molecule has 138 valence electrons. The molecule has 0 spiro atoms. The van der Waals surface area contributed by atoms with Gasteiger partial charge in [-0.15, -0.1) is 5.10 Å². The third-order valence-electron chi connectivity index (χ3n) is 3.40. The van der Waals surface area contributed by atoms with Gasteiger partial charge in [0.05, 0.1) is 28.2 Å². The summed E-state index contributed by atoms with van der Waals surface area (Å²) in [6.45, 7) is 0. The quantitative estimate of drug-likeness (QED) is 0.227. The minimum Gasteiger partial charge on any atom is -0.493 e. The Morgan fingerprint density at radius 3 is 2.74 bits per heavy atom. The number of nitrogens with one attached hydrogen (secondary N) is 1. The van der Waals surface area contributed by atoms with Crippen LogP contribution < -0.4 is 14.8 Å². The average molecular weight is 495 g/mol. The Morgan fingerprint density at radius 1 is 1.30 bits per heavy atom. The molecule has 7 nitrogen and oxygen atoms in total. The van der Waals surface area contributed by atoms with E-state index in [0.717, 1.165) is 5.56 Å². The summed E-state index contributed by atoms with van der Waals surface area (Å²) in [4.78, 5) is 23.4. The molecule has 27 heavy (non-hydrogen) atoms. The van der Waals surface area contributed by atoms with E-state index in [1.807, 2.05) is 6.07 Å². The summed E-state index contributed by atoms with van der Waals surface area (Å²) < 4.78 is 11.6. The minimum atomic E-state index is -0.464. The van der Waals surface area contributed by atoms with Gasteiger partial charge >= 0.3 is 5.97 Å². The number of rotatable bonds is 5. The molecule has 0 aromatic heterocycles. The summed E-state index contributed by atoms with van der Waals surface area (Å²) in [6.07, 6.45) is 1.53. The van der Waals surface area contributed by atoms with Crippen molar-refractivity contribution in [3.05, 3.63) is 57.2 Å². The summed E-state index contributed by atoms with van der Waals surface area (Å²) in [5.74, 6) is 0.544. The lowest BCUT2D eigenvalue weighted by molar-refractivity contribution is -0.116. The van der Waals surface area contributed by atoms with Crippen molar-refractivity contribution in [3.8, 4) is 11.5 Å². The van der Waals surface area contributed by atoms with Gasteiger partial charge in [-0.2, -0.15) is 5.10 Å². The van der Waals surface area contributed by atoms with Crippen molar-refractivity contribution in [1.29, 1.82) is 0 Å². The minimum absolute atomic E-state index is 0.0882. The lowest BCUT2D eigenvalue weighted by atomic mass is 10.2. The molecule has 1 heterocycles. The molecule has 1 N–H and O–H groups in total. The fourth-order valence-corrected chi connectivity index (χ4v) is 3.53. The van der Waals surface area contributed by atoms with E-state index >= 15 is 0 Å². The monoisotopic (exact) mass is 495 g/mol. The Morgan fingerprint density at radius 2 is 2.07 bits per heavy atom. The van der Waals surface area contributed by atoms with Gasteiger partial charge in [0, 0.05) is 0 Å². The molecule has 1 saturated heterocycles. The zero-order valence-electron chi connectivity index (χ0n) is 14.1. The van der Waals surface area contributed by atoms with Crippen LogP contribution in [0.5, 0.6) is 11.5 Å². The smallest absolute Gasteiger partial charge is 0.343 e. The molecule has 0 aliphatic carbocycles. The maximum atomic E-state index is 12.3. The number of halogens is 1. The zero-order valence-corrected chi connectivity index (χ0v) is 17.1. The first-order valence-corrected chi connectivity index (χ1v) is 9.81. The van der Waals surface area contributed by atoms with Crippen LogP contribution in [0.25, 0.3) is 0 Å². The predicted octanol–water partition coefficient (Wildman–Crippen LogP) is 3.07. The fourth-order valence-electron chi connectivity index (χ4n) is 2.17. The molecule has 2 aromatic carbocycles. The SMILES string of the molecule is COc1cc(C=NN=C2NC(=O)CS2)cc(I)c1OC(=O)c1ccccc1. The van der Waals surface area contributed by atoms with Gasteiger partial charge in [-0.05, 0) is 52.4 Å². The van der Waals surface area contributed by atoms with E-state index in [9.17, 15) is 9.59 Å². The molecular formula is C18H14IN3O4S. The standard InChI is InChI=1S/C18H14IN3O4S/c1-25-14-8-11(9-20-22-18-21-15(23)10-27-18)7-13(19)16(14)26-17(24)12-5-3-2-4-6-12/h2-9H,10H2,1H3,(H,21,22,23). The van der Waals surface area contributed by atoms with Crippen molar-refractivity contribution >= 4 is 57.6 Å². The van der Waals surface area contributed by atoms with E-state index in [2.05, 4.69) is 38.1 Å². The summed E-state index contributed by atoms with van der Waals surface area (Å²) in [5.41, 5.74) is 1.17. The van der Waals surface area contributed by atoms with Gasteiger partial charge < -0.3 is 14.8 Å². The van der Waals surface area contributed by atoms with E-state index in [4.69, 9.17) is 9.47 Å². The topological polar surface area (TPSA) is 89.3 Å². The van der Waals surface area contributed by atoms with Crippen molar-refractivity contribution in [2.45, 2.75) is 0 Å². The van der Waals surface area contributed by atoms with Crippen molar-refractivity contribution in [2.75, 3.05) is 12.9 Å². The normalized spacial score (nSPS) is 15.2. The Labute approximate surface area is 173 Å². The number of ether oxygens (including phenoxy) is 2. The second-order valence-electron chi connectivity index (χ2n) is 5.28. The average Bonchev–Trinajstić information content (AvgIpc) is 3.09. The van der Waals surface area contributed by atoms with Crippen LogP contribution in [0, 0.1) is 3.57 Å². The highest BCUT2D eigenvalue weighted by Gasteiger charge is 2.17. The third-order valence-corrected chi connectivity index (χ3v) is 5.06. The highest BCUT2D eigenvalue weighted by molar-refractivity contribution is 14.1. The first-order chi connectivity index (χ1) is 13.1. The number of esters is 1. The van der Waals surface area contributed by atoms with E-state index in [-0.39, 0.29) is 5.91 Å². The first-order valence-electron chi connectivity index (χ1n) is 7.75. The van der Waals surface area contributed by atoms with Crippen LogP contribution in [0.1, 0.15) is 15.9 Å². The van der Waals surface area contributed by atoms with Crippen LogP contribution in [-0.4, -0.2) is 36.1 Å². The number of thioether (sulfide) groups is 1. The number of methoxy groups -OCH3 is 1. The predicted molar refractivity (Wildman–Crippen MR) is 113 cm³/mol. The molecule has 9 heteroatoms. The third kappa shape index (κ3) is 5.07. The Hall–Kier alpha value is -2.40.